The number of phosphoric acid groups is 1. The van der Waals surface area contributed by atoms with Gasteiger partial charge in [0.25, 0.3) is 7.82 Å². The summed E-state index contributed by atoms with van der Waals surface area (Å²) in [7, 11) is 1.24. The quantitative estimate of drug-likeness (QED) is 0.0272. The van der Waals surface area contributed by atoms with E-state index in [1.54, 1.807) is 6.08 Å². The van der Waals surface area contributed by atoms with Crippen LogP contribution in [0.3, 0.4) is 0 Å². The first-order valence-corrected chi connectivity index (χ1v) is 28.3. The van der Waals surface area contributed by atoms with Crippen molar-refractivity contribution >= 4 is 13.7 Å². The number of aliphatic hydroxyl groups excluding tert-OH is 1. The summed E-state index contributed by atoms with van der Waals surface area (Å²) < 4.78 is 23.3. The first kappa shape index (κ1) is 62.9. The third-order valence-electron chi connectivity index (χ3n) is 11.7. The molecule has 0 aromatic rings. The number of phosphoric ester groups is 1. The summed E-state index contributed by atoms with van der Waals surface area (Å²) in [6.45, 7) is 4.52. The summed E-state index contributed by atoms with van der Waals surface area (Å²) >= 11 is 0. The van der Waals surface area contributed by atoms with Crippen LogP contribution in [0.4, 0.5) is 0 Å². The smallest absolute Gasteiger partial charge is 0.268 e. The lowest BCUT2D eigenvalue weighted by Gasteiger charge is -2.29. The van der Waals surface area contributed by atoms with Gasteiger partial charge in [0.15, 0.2) is 0 Å². The fourth-order valence-electron chi connectivity index (χ4n) is 7.45. The number of allylic oxidation sites excluding steroid dienone is 11. The maximum absolute atomic E-state index is 12.9. The van der Waals surface area contributed by atoms with E-state index in [2.05, 4.69) is 79.9 Å². The van der Waals surface area contributed by atoms with Crippen molar-refractivity contribution in [2.45, 2.75) is 238 Å². The van der Waals surface area contributed by atoms with Gasteiger partial charge in [0.2, 0.25) is 5.91 Å². The number of aliphatic hydroxyl groups is 1. The van der Waals surface area contributed by atoms with E-state index in [4.69, 9.17) is 9.05 Å². The van der Waals surface area contributed by atoms with Crippen molar-refractivity contribution < 1.29 is 32.9 Å². The molecule has 0 aliphatic carbocycles. The molecule has 9 heteroatoms. The van der Waals surface area contributed by atoms with E-state index in [9.17, 15) is 19.4 Å². The second-order valence-corrected chi connectivity index (χ2v) is 20.6. The summed E-state index contributed by atoms with van der Waals surface area (Å²) in [4.78, 5) is 25.4. The molecule has 0 saturated carbocycles. The van der Waals surface area contributed by atoms with Gasteiger partial charge in [0, 0.05) is 6.42 Å². The Balaban J connectivity index is 4.29. The Morgan fingerprint density at radius 3 is 1.43 bits per heavy atom. The standard InChI is InChI=1S/C56H103N2O6P/c1-6-8-10-12-14-16-18-20-22-24-26-27-28-29-30-31-32-34-36-38-40-42-44-46-48-50-56(60)57-54(53-64-65(61,62)63-52-51-58(3,4)5)55(59)49-47-45-43-41-39-37-35-33-25-23-21-19-17-15-13-11-9-7-2/h8,10,14,16,20,22,26-27,39,41,47,49,54-55,59H,6-7,9,11-13,15,17-19,21,23-25,28-38,40,42-46,48,50-53H2,1-5H3,(H-,57,60,61,62)/b10-8-,16-14-,22-20-,27-26-,41-39+,49-47+. The minimum Gasteiger partial charge on any atom is -0.756 e. The topological polar surface area (TPSA) is 108 Å². The minimum atomic E-state index is -4.61. The Morgan fingerprint density at radius 1 is 0.554 bits per heavy atom. The highest BCUT2D eigenvalue weighted by Crippen LogP contribution is 2.38. The van der Waals surface area contributed by atoms with Crippen LogP contribution in [0.2, 0.25) is 0 Å². The molecule has 8 nitrogen and oxygen atoms in total. The van der Waals surface area contributed by atoms with Crippen molar-refractivity contribution in [1.29, 1.82) is 0 Å². The Morgan fingerprint density at radius 2 is 0.954 bits per heavy atom. The number of hydrogen-bond donors (Lipinski definition) is 2. The number of carbonyl (C=O) groups is 1. The fourth-order valence-corrected chi connectivity index (χ4v) is 8.18. The van der Waals surface area contributed by atoms with Gasteiger partial charge in [-0.2, -0.15) is 0 Å². The van der Waals surface area contributed by atoms with Gasteiger partial charge < -0.3 is 28.8 Å². The number of likely N-dealkylation sites (N-methyl/N-ethyl adjacent to an activating group) is 1. The van der Waals surface area contributed by atoms with Crippen molar-refractivity contribution in [3.05, 3.63) is 72.9 Å². The molecule has 0 radical (unpaired) electrons. The second kappa shape index (κ2) is 47.0. The molecule has 0 aliphatic heterocycles. The summed E-state index contributed by atoms with van der Waals surface area (Å²) in [5, 5.41) is 13.8. The Labute approximate surface area is 402 Å². The zero-order valence-corrected chi connectivity index (χ0v) is 43.8. The molecule has 65 heavy (non-hydrogen) atoms. The van der Waals surface area contributed by atoms with Crippen LogP contribution < -0.4 is 10.2 Å². The highest BCUT2D eigenvalue weighted by Gasteiger charge is 2.23. The molecule has 1 amide bonds. The molecule has 0 aromatic heterocycles. The first-order valence-electron chi connectivity index (χ1n) is 26.8. The maximum Gasteiger partial charge on any atom is 0.268 e. The number of unbranched alkanes of at least 4 members (excludes halogenated alkanes) is 25. The van der Waals surface area contributed by atoms with E-state index in [0.717, 1.165) is 64.2 Å². The lowest BCUT2D eigenvalue weighted by molar-refractivity contribution is -0.870. The van der Waals surface area contributed by atoms with Crippen LogP contribution in [0, 0.1) is 0 Å². The molecule has 0 bridgehead atoms. The normalized spacial score (nSPS) is 14.6. The summed E-state index contributed by atoms with van der Waals surface area (Å²) in [5.74, 6) is -0.211. The lowest BCUT2D eigenvalue weighted by Crippen LogP contribution is -2.45. The van der Waals surface area contributed by atoms with Gasteiger partial charge in [-0.15, -0.1) is 0 Å². The molecule has 0 rings (SSSR count). The monoisotopic (exact) mass is 931 g/mol. The van der Waals surface area contributed by atoms with Crippen molar-refractivity contribution in [3.8, 4) is 0 Å². The molecule has 0 aromatic carbocycles. The van der Waals surface area contributed by atoms with E-state index < -0.39 is 26.6 Å². The number of nitrogens with one attached hydrogen (secondary N) is 1. The third-order valence-corrected chi connectivity index (χ3v) is 12.6. The zero-order chi connectivity index (χ0) is 47.8. The highest BCUT2D eigenvalue weighted by atomic mass is 31.2. The minimum absolute atomic E-state index is 0.00913. The summed E-state index contributed by atoms with van der Waals surface area (Å²) in [6, 6.07) is -0.908. The van der Waals surface area contributed by atoms with Crippen LogP contribution in [0.1, 0.15) is 226 Å². The lowest BCUT2D eigenvalue weighted by atomic mass is 10.0. The molecule has 3 unspecified atom stereocenters. The van der Waals surface area contributed by atoms with Gasteiger partial charge in [-0.05, 0) is 70.6 Å². The molecular weight excluding hydrogens is 828 g/mol. The first-order chi connectivity index (χ1) is 31.5. The number of hydrogen-bond acceptors (Lipinski definition) is 6. The highest BCUT2D eigenvalue weighted by molar-refractivity contribution is 7.45. The van der Waals surface area contributed by atoms with Gasteiger partial charge in [-0.25, -0.2) is 0 Å². The van der Waals surface area contributed by atoms with Gasteiger partial charge in [0.1, 0.15) is 13.2 Å². The number of nitrogens with zero attached hydrogens (tertiary/aromatic N) is 1. The summed E-state index contributed by atoms with van der Waals surface area (Å²) in [5.41, 5.74) is 0. The van der Waals surface area contributed by atoms with E-state index in [0.29, 0.717) is 17.4 Å². The van der Waals surface area contributed by atoms with Crippen LogP contribution in [0.25, 0.3) is 0 Å². The fraction of sp³-hybridized carbons (Fsp3) is 0.768. The van der Waals surface area contributed by atoms with Gasteiger partial charge in [-0.1, -0.05) is 222 Å². The molecule has 0 saturated heterocycles. The van der Waals surface area contributed by atoms with E-state index in [-0.39, 0.29) is 12.5 Å². The van der Waals surface area contributed by atoms with Crippen LogP contribution >= 0.6 is 7.82 Å². The van der Waals surface area contributed by atoms with Crippen LogP contribution in [-0.2, 0) is 18.4 Å². The third kappa shape index (κ3) is 49.7. The molecular formula is C56H103N2O6P. The maximum atomic E-state index is 12.9. The number of quaternary nitrogens is 1. The van der Waals surface area contributed by atoms with Gasteiger partial charge in [-0.3, -0.25) is 9.36 Å². The molecule has 0 fully saturated rings. The molecule has 2 N–H and O–H groups in total. The SMILES string of the molecule is CC/C=C\C/C=C\C/C=C\C/C=C\CCCCCCCCCCCCCCC(=O)NC(COP(=O)([O-])OCC[N+](C)(C)C)C(O)/C=C/CC/C=C/CCCCCCCCCCCCCC. The number of amides is 1. The van der Waals surface area contributed by atoms with Crippen molar-refractivity contribution in [1.82, 2.24) is 5.32 Å². The average Bonchev–Trinajstić information content (AvgIpc) is 3.26. The Bertz CT molecular complexity index is 1290. The predicted octanol–water partition coefficient (Wildman–Crippen LogP) is 15.3. The molecule has 3 atom stereocenters. The summed E-state index contributed by atoms with van der Waals surface area (Å²) in [6.07, 6.45) is 63.9. The van der Waals surface area contributed by atoms with E-state index in [1.165, 1.54) is 141 Å². The second-order valence-electron chi connectivity index (χ2n) is 19.2. The van der Waals surface area contributed by atoms with Crippen LogP contribution in [0.5, 0.6) is 0 Å². The zero-order valence-electron chi connectivity index (χ0n) is 42.9. The van der Waals surface area contributed by atoms with Crippen molar-refractivity contribution in [2.75, 3.05) is 40.9 Å². The molecule has 0 heterocycles. The Kier molecular flexibility index (Phi) is 45.5. The van der Waals surface area contributed by atoms with E-state index >= 15 is 0 Å². The molecule has 378 valence electrons. The largest absolute Gasteiger partial charge is 0.756 e. The van der Waals surface area contributed by atoms with Gasteiger partial charge >= 0.3 is 0 Å². The van der Waals surface area contributed by atoms with Gasteiger partial charge in [0.05, 0.1) is 39.9 Å². The van der Waals surface area contributed by atoms with Crippen LogP contribution in [-0.4, -0.2) is 68.5 Å². The number of carbonyl (C=O) groups excluding carboxylic acids is 1. The van der Waals surface area contributed by atoms with Crippen LogP contribution in [0.15, 0.2) is 72.9 Å². The molecule has 0 spiro atoms. The predicted molar refractivity (Wildman–Crippen MR) is 279 cm³/mol. The molecule has 0 aliphatic rings. The van der Waals surface area contributed by atoms with Crippen molar-refractivity contribution in [2.24, 2.45) is 0 Å². The van der Waals surface area contributed by atoms with E-state index in [1.807, 2.05) is 27.2 Å². The number of rotatable bonds is 48. The Hall–Kier alpha value is -2.06. The average molecular weight is 931 g/mol. The van der Waals surface area contributed by atoms with Crippen molar-refractivity contribution in [3.63, 3.8) is 0 Å².